The van der Waals surface area contributed by atoms with Crippen molar-refractivity contribution in [3.63, 3.8) is 0 Å². The number of anilines is 1. The van der Waals surface area contributed by atoms with Crippen LogP contribution in [-0.2, 0) is 15.0 Å². The average molecular weight is 447 g/mol. The number of carbonyl (C=O) groups is 2. The van der Waals surface area contributed by atoms with Crippen LogP contribution in [0, 0.1) is 5.41 Å². The van der Waals surface area contributed by atoms with Crippen molar-refractivity contribution in [1.82, 2.24) is 5.32 Å². The number of hydrogen-bond donors (Lipinski definition) is 3. The molecule has 0 aromatic heterocycles. The minimum absolute atomic E-state index is 0.133. The number of rotatable bonds is 3. The van der Waals surface area contributed by atoms with Gasteiger partial charge >= 0.3 is 5.97 Å². The van der Waals surface area contributed by atoms with Crippen molar-refractivity contribution in [2.45, 2.75) is 50.6 Å². The normalized spacial score (nSPS) is 27.9. The molecule has 1 amide bonds. The molecule has 3 N–H and O–H groups in total. The maximum absolute atomic E-state index is 13.7. The molecule has 0 bridgehead atoms. The van der Waals surface area contributed by atoms with E-state index in [-0.39, 0.29) is 17.4 Å². The molecule has 0 saturated carbocycles. The highest BCUT2D eigenvalue weighted by atomic mass is 35.5. The Balaban J connectivity index is 2.00. The second-order valence-corrected chi connectivity index (χ2v) is 10.2. The lowest BCUT2D eigenvalue weighted by Crippen LogP contribution is -2.49. The van der Waals surface area contributed by atoms with E-state index < -0.39 is 23.3 Å². The van der Waals surface area contributed by atoms with E-state index in [0.717, 1.165) is 11.1 Å². The molecule has 2 aromatic carbocycles. The van der Waals surface area contributed by atoms with Crippen LogP contribution in [0.5, 0.6) is 0 Å². The first-order chi connectivity index (χ1) is 14.0. The Hall–Kier alpha value is -2.08. The Morgan fingerprint density at radius 1 is 1.13 bits per heavy atom. The Bertz CT molecular complexity index is 1030. The molecule has 4 atom stereocenters. The van der Waals surface area contributed by atoms with Crippen LogP contribution >= 0.6 is 23.2 Å². The van der Waals surface area contributed by atoms with E-state index in [1.807, 2.05) is 12.1 Å². The number of fused-ring (bicyclic) bond motifs is 2. The van der Waals surface area contributed by atoms with Crippen LogP contribution in [0.15, 0.2) is 42.5 Å². The van der Waals surface area contributed by atoms with Crippen molar-refractivity contribution >= 4 is 40.8 Å². The van der Waals surface area contributed by atoms with Crippen molar-refractivity contribution in [2.24, 2.45) is 5.41 Å². The van der Waals surface area contributed by atoms with Gasteiger partial charge in [0, 0.05) is 27.7 Å². The smallest absolute Gasteiger partial charge is 0.321 e. The summed E-state index contributed by atoms with van der Waals surface area (Å²) in [5.41, 5.74) is 0.892. The van der Waals surface area contributed by atoms with Crippen LogP contribution < -0.4 is 10.6 Å². The number of hydrogen-bond acceptors (Lipinski definition) is 3. The summed E-state index contributed by atoms with van der Waals surface area (Å²) in [7, 11) is 0. The first-order valence-corrected chi connectivity index (χ1v) is 10.7. The molecule has 1 spiro atoms. The van der Waals surface area contributed by atoms with Gasteiger partial charge in [-0.05, 0) is 47.2 Å². The number of carboxylic acids is 1. The zero-order valence-corrected chi connectivity index (χ0v) is 18.5. The third-order valence-corrected chi connectivity index (χ3v) is 6.57. The highest BCUT2D eigenvalue weighted by molar-refractivity contribution is 6.31. The van der Waals surface area contributed by atoms with Gasteiger partial charge in [0.05, 0.1) is 0 Å². The number of carboxylic acid groups (broad SMARTS) is 1. The lowest BCUT2D eigenvalue weighted by Gasteiger charge is -2.37. The summed E-state index contributed by atoms with van der Waals surface area (Å²) in [6.07, 6.45) is 0.614. The highest BCUT2D eigenvalue weighted by Crippen LogP contribution is 2.56. The summed E-state index contributed by atoms with van der Waals surface area (Å²) in [5, 5.41) is 17.4. The summed E-state index contributed by atoms with van der Waals surface area (Å²) in [4.78, 5) is 26.0. The van der Waals surface area contributed by atoms with Gasteiger partial charge in [-0.1, -0.05) is 62.2 Å². The van der Waals surface area contributed by atoms with Gasteiger partial charge < -0.3 is 10.4 Å². The standard InChI is InChI=1S/C23H24Cl2N2O3/c1-22(2,3)11-17-23(15-8-7-14(25)10-16(15)26-21(23)30)18(19(27-17)20(28)29)12-5-4-6-13(24)9-12/h4-10,17-19,27H,11H2,1-3H3,(H,26,30)(H,28,29)/t17-,18+,19+,23?/m0/s1. The van der Waals surface area contributed by atoms with E-state index in [9.17, 15) is 14.7 Å². The molecule has 2 aromatic rings. The number of aliphatic carboxylic acids is 1. The summed E-state index contributed by atoms with van der Waals surface area (Å²) in [5.74, 6) is -1.84. The summed E-state index contributed by atoms with van der Waals surface area (Å²) < 4.78 is 0. The second kappa shape index (κ2) is 7.26. The SMILES string of the molecule is CC(C)(C)C[C@@H]1N[C@@H](C(=O)O)[C@@H](c2cccc(Cl)c2)C12C(=O)Nc1cc(Cl)ccc12. The molecule has 4 rings (SSSR count). The fourth-order valence-electron chi connectivity index (χ4n) is 5.11. The van der Waals surface area contributed by atoms with E-state index in [2.05, 4.69) is 31.4 Å². The number of carbonyl (C=O) groups excluding carboxylic acids is 1. The molecular formula is C23H24Cl2N2O3. The lowest BCUT2D eigenvalue weighted by atomic mass is 9.62. The molecule has 2 heterocycles. The minimum atomic E-state index is -1.10. The molecule has 7 heteroatoms. The van der Waals surface area contributed by atoms with Crippen LogP contribution in [0.4, 0.5) is 5.69 Å². The maximum Gasteiger partial charge on any atom is 0.321 e. The zero-order chi connectivity index (χ0) is 21.8. The van der Waals surface area contributed by atoms with Crippen molar-refractivity contribution in [3.05, 3.63) is 63.6 Å². The van der Waals surface area contributed by atoms with Gasteiger partial charge in [-0.3, -0.25) is 14.9 Å². The van der Waals surface area contributed by atoms with E-state index in [1.54, 1.807) is 30.3 Å². The number of nitrogens with one attached hydrogen (secondary N) is 2. The molecule has 1 saturated heterocycles. The Morgan fingerprint density at radius 2 is 1.83 bits per heavy atom. The predicted molar refractivity (Wildman–Crippen MR) is 118 cm³/mol. The van der Waals surface area contributed by atoms with E-state index in [1.165, 1.54) is 0 Å². The Kier molecular flexibility index (Phi) is 5.12. The first kappa shape index (κ1) is 21.2. The molecule has 1 unspecified atom stereocenters. The Morgan fingerprint density at radius 3 is 2.47 bits per heavy atom. The third-order valence-electron chi connectivity index (χ3n) is 6.10. The van der Waals surface area contributed by atoms with E-state index in [0.29, 0.717) is 22.2 Å². The van der Waals surface area contributed by atoms with Crippen LogP contribution in [0.25, 0.3) is 0 Å². The van der Waals surface area contributed by atoms with Crippen LogP contribution in [0.1, 0.15) is 44.2 Å². The summed E-state index contributed by atoms with van der Waals surface area (Å²) in [6.45, 7) is 6.25. The van der Waals surface area contributed by atoms with Gasteiger partial charge in [-0.2, -0.15) is 0 Å². The summed E-state index contributed by atoms with van der Waals surface area (Å²) >= 11 is 12.4. The number of halogens is 2. The third kappa shape index (κ3) is 3.29. The lowest BCUT2D eigenvalue weighted by molar-refractivity contribution is -0.139. The Labute approximate surface area is 185 Å². The van der Waals surface area contributed by atoms with Crippen LogP contribution in [0.2, 0.25) is 10.0 Å². The van der Waals surface area contributed by atoms with Gasteiger partial charge in [-0.25, -0.2) is 0 Å². The maximum atomic E-state index is 13.7. The molecule has 0 radical (unpaired) electrons. The van der Waals surface area contributed by atoms with E-state index in [4.69, 9.17) is 23.2 Å². The van der Waals surface area contributed by atoms with Gasteiger partial charge in [0.15, 0.2) is 0 Å². The molecule has 1 fully saturated rings. The molecule has 158 valence electrons. The highest BCUT2D eigenvalue weighted by Gasteiger charge is 2.65. The van der Waals surface area contributed by atoms with Gasteiger partial charge in [0.1, 0.15) is 11.5 Å². The van der Waals surface area contributed by atoms with Crippen molar-refractivity contribution in [2.75, 3.05) is 5.32 Å². The molecule has 0 aliphatic carbocycles. The molecule has 2 aliphatic heterocycles. The van der Waals surface area contributed by atoms with Gasteiger partial charge in [-0.15, -0.1) is 0 Å². The number of benzene rings is 2. The molecule has 5 nitrogen and oxygen atoms in total. The van der Waals surface area contributed by atoms with Gasteiger partial charge in [0.2, 0.25) is 5.91 Å². The zero-order valence-electron chi connectivity index (χ0n) is 17.0. The summed E-state index contributed by atoms with van der Waals surface area (Å²) in [6, 6.07) is 11.1. The van der Waals surface area contributed by atoms with Gasteiger partial charge in [0.25, 0.3) is 0 Å². The van der Waals surface area contributed by atoms with Crippen LogP contribution in [-0.4, -0.2) is 29.1 Å². The van der Waals surface area contributed by atoms with E-state index >= 15 is 0 Å². The monoisotopic (exact) mass is 446 g/mol. The fourth-order valence-corrected chi connectivity index (χ4v) is 5.48. The largest absolute Gasteiger partial charge is 0.480 e. The number of amides is 1. The quantitative estimate of drug-likeness (QED) is 0.630. The average Bonchev–Trinajstić information content (AvgIpc) is 3.10. The second-order valence-electron chi connectivity index (χ2n) is 9.35. The molecule has 2 aliphatic rings. The predicted octanol–water partition coefficient (Wildman–Crippen LogP) is 4.83. The van der Waals surface area contributed by atoms with Crippen molar-refractivity contribution < 1.29 is 14.7 Å². The topological polar surface area (TPSA) is 78.4 Å². The van der Waals surface area contributed by atoms with Crippen LogP contribution in [0.3, 0.4) is 0 Å². The fraction of sp³-hybridized carbons (Fsp3) is 0.391. The minimum Gasteiger partial charge on any atom is -0.480 e. The van der Waals surface area contributed by atoms with Crippen molar-refractivity contribution in [1.29, 1.82) is 0 Å². The first-order valence-electron chi connectivity index (χ1n) is 9.90. The molecular weight excluding hydrogens is 423 g/mol. The molecule has 30 heavy (non-hydrogen) atoms. The van der Waals surface area contributed by atoms with Crippen molar-refractivity contribution in [3.8, 4) is 0 Å².